The summed E-state index contributed by atoms with van der Waals surface area (Å²) in [6.07, 6.45) is 2.64. The average molecular weight is 321 g/mol. The summed E-state index contributed by atoms with van der Waals surface area (Å²) in [6, 6.07) is 7.06. The molecule has 0 radical (unpaired) electrons. The summed E-state index contributed by atoms with van der Waals surface area (Å²) in [5.74, 6) is -1.35. The molecule has 0 atom stereocenters. The summed E-state index contributed by atoms with van der Waals surface area (Å²) in [4.78, 5) is 27.0. The lowest BCUT2D eigenvalue weighted by Crippen LogP contribution is -2.15. The molecule has 0 unspecified atom stereocenters. The highest BCUT2D eigenvalue weighted by molar-refractivity contribution is 6.30. The predicted molar refractivity (Wildman–Crippen MR) is 82.5 cm³/mol. The highest BCUT2D eigenvalue weighted by Crippen LogP contribution is 2.22. The number of fused-ring (bicyclic) bond motifs is 1. The first-order valence-corrected chi connectivity index (χ1v) is 6.61. The molecular formula is C15H13ClN2O4. The Hall–Kier alpha value is -2.60. The van der Waals surface area contributed by atoms with Crippen LogP contribution in [0.25, 0.3) is 10.8 Å². The Morgan fingerprint density at radius 3 is 2.64 bits per heavy atom. The smallest absolute Gasteiger partial charge is 0.354 e. The predicted octanol–water partition coefficient (Wildman–Crippen LogP) is 2.53. The number of rotatable bonds is 4. The van der Waals surface area contributed by atoms with Crippen molar-refractivity contribution >= 4 is 40.0 Å². The molecule has 114 valence electrons. The second-order valence-corrected chi connectivity index (χ2v) is 4.65. The molecule has 1 heterocycles. The summed E-state index contributed by atoms with van der Waals surface area (Å²) in [7, 11) is 2.45. The molecule has 1 N–H and O–H groups in total. The van der Waals surface area contributed by atoms with E-state index < -0.39 is 11.9 Å². The summed E-state index contributed by atoms with van der Waals surface area (Å²) < 4.78 is 9.13. The van der Waals surface area contributed by atoms with Gasteiger partial charge in [0.05, 0.1) is 20.3 Å². The van der Waals surface area contributed by atoms with Crippen LogP contribution in [0.4, 0.5) is 5.69 Å². The monoisotopic (exact) mass is 320 g/mol. The topological polar surface area (TPSA) is 77.5 Å². The maximum Gasteiger partial charge on any atom is 0.354 e. The van der Waals surface area contributed by atoms with Crippen molar-refractivity contribution < 1.29 is 19.1 Å². The SMILES string of the molecule is COC(=O)/C=C(/Nc1ccc2cc(Cl)ncc2c1)C(=O)OC. The minimum Gasteiger partial charge on any atom is -0.466 e. The van der Waals surface area contributed by atoms with Gasteiger partial charge in [-0.15, -0.1) is 0 Å². The van der Waals surface area contributed by atoms with E-state index in [4.69, 9.17) is 11.6 Å². The van der Waals surface area contributed by atoms with E-state index in [0.717, 1.165) is 16.8 Å². The van der Waals surface area contributed by atoms with Gasteiger partial charge in [-0.25, -0.2) is 14.6 Å². The molecule has 0 spiro atoms. The molecule has 0 aliphatic rings. The van der Waals surface area contributed by atoms with Crippen molar-refractivity contribution in [2.24, 2.45) is 0 Å². The van der Waals surface area contributed by atoms with Crippen LogP contribution in [0.15, 0.2) is 42.2 Å². The maximum absolute atomic E-state index is 11.7. The Kier molecular flexibility index (Phi) is 4.95. The molecule has 0 amide bonds. The van der Waals surface area contributed by atoms with E-state index in [1.54, 1.807) is 24.4 Å². The highest BCUT2D eigenvalue weighted by Gasteiger charge is 2.13. The van der Waals surface area contributed by atoms with Crippen LogP contribution >= 0.6 is 11.6 Å². The second-order valence-electron chi connectivity index (χ2n) is 4.27. The van der Waals surface area contributed by atoms with Crippen LogP contribution in [-0.4, -0.2) is 31.1 Å². The maximum atomic E-state index is 11.7. The number of nitrogens with zero attached hydrogens (tertiary/aromatic N) is 1. The van der Waals surface area contributed by atoms with Gasteiger partial charge in [-0.2, -0.15) is 0 Å². The van der Waals surface area contributed by atoms with Crippen molar-refractivity contribution in [3.8, 4) is 0 Å². The minimum atomic E-state index is -0.681. The van der Waals surface area contributed by atoms with Gasteiger partial charge in [0.1, 0.15) is 10.9 Å². The van der Waals surface area contributed by atoms with E-state index >= 15 is 0 Å². The second kappa shape index (κ2) is 6.91. The van der Waals surface area contributed by atoms with Crippen LogP contribution in [0, 0.1) is 0 Å². The van der Waals surface area contributed by atoms with Gasteiger partial charge in [0, 0.05) is 17.3 Å². The molecular weight excluding hydrogens is 308 g/mol. The minimum absolute atomic E-state index is 0.0318. The summed E-state index contributed by atoms with van der Waals surface area (Å²) in [5.41, 5.74) is 0.563. The number of hydrogen-bond donors (Lipinski definition) is 1. The molecule has 1 aromatic heterocycles. The number of hydrogen-bond acceptors (Lipinski definition) is 6. The Morgan fingerprint density at radius 1 is 1.18 bits per heavy atom. The van der Waals surface area contributed by atoms with Gasteiger partial charge in [-0.1, -0.05) is 17.7 Å². The Bertz CT molecular complexity index is 758. The lowest BCUT2D eigenvalue weighted by atomic mass is 10.1. The van der Waals surface area contributed by atoms with Crippen molar-refractivity contribution in [1.29, 1.82) is 0 Å². The number of esters is 2. The van der Waals surface area contributed by atoms with Gasteiger partial charge in [-0.05, 0) is 23.6 Å². The number of methoxy groups -OCH3 is 2. The molecule has 2 rings (SSSR count). The largest absolute Gasteiger partial charge is 0.466 e. The van der Waals surface area contributed by atoms with Gasteiger partial charge >= 0.3 is 11.9 Å². The molecule has 0 bridgehead atoms. The standard InChI is InChI=1S/C15H13ClN2O4/c1-21-14(19)7-12(15(20)22-2)18-11-4-3-9-6-13(16)17-8-10(9)5-11/h3-8,18H,1-2H3/b12-7+. The molecule has 6 nitrogen and oxygen atoms in total. The first-order chi connectivity index (χ1) is 10.5. The summed E-state index contributed by atoms with van der Waals surface area (Å²) >= 11 is 5.83. The van der Waals surface area contributed by atoms with Gasteiger partial charge < -0.3 is 14.8 Å². The number of halogens is 1. The molecule has 0 aliphatic carbocycles. The lowest BCUT2D eigenvalue weighted by Gasteiger charge is -2.10. The molecule has 0 aliphatic heterocycles. The molecule has 0 fully saturated rings. The lowest BCUT2D eigenvalue weighted by molar-refractivity contribution is -0.138. The first-order valence-electron chi connectivity index (χ1n) is 6.24. The number of benzene rings is 1. The number of carbonyl (C=O) groups excluding carboxylic acids is 2. The van der Waals surface area contributed by atoms with Gasteiger partial charge in [0.25, 0.3) is 0 Å². The van der Waals surface area contributed by atoms with Crippen LogP contribution in [0.2, 0.25) is 5.15 Å². The fourth-order valence-corrected chi connectivity index (χ4v) is 1.95. The van der Waals surface area contributed by atoms with Gasteiger partial charge in [-0.3, -0.25) is 0 Å². The molecule has 0 saturated carbocycles. The summed E-state index contributed by atoms with van der Waals surface area (Å²) in [5, 5.41) is 4.96. The molecule has 7 heteroatoms. The van der Waals surface area contributed by atoms with Crippen molar-refractivity contribution in [1.82, 2.24) is 4.98 Å². The molecule has 22 heavy (non-hydrogen) atoms. The van der Waals surface area contributed by atoms with E-state index in [1.165, 1.54) is 14.2 Å². The van der Waals surface area contributed by atoms with Gasteiger partial charge in [0.2, 0.25) is 0 Å². The van der Waals surface area contributed by atoms with E-state index in [9.17, 15) is 9.59 Å². The zero-order valence-corrected chi connectivity index (χ0v) is 12.7. The fourth-order valence-electron chi connectivity index (χ4n) is 1.78. The zero-order chi connectivity index (χ0) is 16.1. The highest BCUT2D eigenvalue weighted by atomic mass is 35.5. The van der Waals surface area contributed by atoms with Gasteiger partial charge in [0.15, 0.2) is 0 Å². The van der Waals surface area contributed by atoms with Crippen molar-refractivity contribution in [3.05, 3.63) is 47.4 Å². The molecule has 2 aromatic rings. The molecule has 1 aromatic carbocycles. The number of nitrogens with one attached hydrogen (secondary N) is 1. The first kappa shape index (κ1) is 15.8. The quantitative estimate of drug-likeness (QED) is 0.530. The molecule has 0 saturated heterocycles. The number of carbonyl (C=O) groups is 2. The fraction of sp³-hybridized carbons (Fsp3) is 0.133. The summed E-state index contributed by atoms with van der Waals surface area (Å²) in [6.45, 7) is 0. The van der Waals surface area contributed by atoms with Crippen molar-refractivity contribution in [3.63, 3.8) is 0 Å². The average Bonchev–Trinajstić information content (AvgIpc) is 2.53. The Balaban J connectivity index is 2.33. The van der Waals surface area contributed by atoms with Crippen LogP contribution in [-0.2, 0) is 19.1 Å². The van der Waals surface area contributed by atoms with Crippen LogP contribution in [0.5, 0.6) is 0 Å². The third-order valence-corrected chi connectivity index (χ3v) is 3.04. The number of pyridine rings is 1. The zero-order valence-electron chi connectivity index (χ0n) is 11.9. The van der Waals surface area contributed by atoms with Crippen molar-refractivity contribution in [2.45, 2.75) is 0 Å². The number of ether oxygens (including phenoxy) is 2. The Morgan fingerprint density at radius 2 is 1.95 bits per heavy atom. The van der Waals surface area contributed by atoms with Crippen LogP contribution < -0.4 is 5.32 Å². The van der Waals surface area contributed by atoms with Crippen molar-refractivity contribution in [2.75, 3.05) is 19.5 Å². The third-order valence-electron chi connectivity index (χ3n) is 2.84. The normalized spacial score (nSPS) is 11.1. The van der Waals surface area contributed by atoms with Crippen LogP contribution in [0.3, 0.4) is 0 Å². The Labute approximate surface area is 131 Å². The van der Waals surface area contributed by atoms with E-state index in [0.29, 0.717) is 10.8 Å². The number of aromatic nitrogens is 1. The van der Waals surface area contributed by atoms with E-state index in [2.05, 4.69) is 19.8 Å². The number of anilines is 1. The van der Waals surface area contributed by atoms with Crippen LogP contribution in [0.1, 0.15) is 0 Å². The van der Waals surface area contributed by atoms with E-state index in [-0.39, 0.29) is 5.70 Å². The third kappa shape index (κ3) is 3.73. The van der Waals surface area contributed by atoms with E-state index in [1.807, 2.05) is 6.07 Å².